The second-order valence-electron chi connectivity index (χ2n) is 11.0. The molecule has 0 atom stereocenters. The summed E-state index contributed by atoms with van der Waals surface area (Å²) in [6.07, 6.45) is 11.3. The van der Waals surface area contributed by atoms with Crippen molar-refractivity contribution in [3.63, 3.8) is 0 Å². The van der Waals surface area contributed by atoms with E-state index >= 15 is 0 Å². The minimum atomic E-state index is 0.148. The quantitative estimate of drug-likeness (QED) is 0.241. The minimum absolute atomic E-state index is 0.148. The molecule has 2 aliphatic rings. The van der Waals surface area contributed by atoms with Gasteiger partial charge in [0, 0.05) is 41.2 Å². The standard InChI is InChI=1S/C32H37N7/c1-4-19-34-22(2)27-21-35-31(36-26-15-13-25(14-16-26)24-11-9-23(20-33)10-12-24)39-30(27)38-29-8-5-7-28(37-29)32(3)17-6-18-32/h4-5,7-8,13-16,21,23-24,34H,1-2,6,9-12,17-19H2,3H3,(H2,35,36,37,38,39). The zero-order valence-corrected chi connectivity index (χ0v) is 22.7. The van der Waals surface area contributed by atoms with Crippen LogP contribution in [0.1, 0.15) is 74.6 Å². The zero-order valence-electron chi connectivity index (χ0n) is 22.7. The number of rotatable bonds is 10. The first-order valence-corrected chi connectivity index (χ1v) is 13.9. The number of nitrogens with one attached hydrogen (secondary N) is 3. The highest BCUT2D eigenvalue weighted by Gasteiger charge is 2.35. The van der Waals surface area contributed by atoms with Crippen LogP contribution in [-0.2, 0) is 5.41 Å². The Labute approximate surface area is 231 Å². The van der Waals surface area contributed by atoms with Gasteiger partial charge in [-0.2, -0.15) is 10.2 Å². The second kappa shape index (κ2) is 11.7. The summed E-state index contributed by atoms with van der Waals surface area (Å²) in [7, 11) is 0. The van der Waals surface area contributed by atoms with Gasteiger partial charge in [0.2, 0.25) is 5.95 Å². The van der Waals surface area contributed by atoms with Gasteiger partial charge in [-0.05, 0) is 74.3 Å². The topological polar surface area (TPSA) is 98.5 Å². The molecule has 5 rings (SSSR count). The summed E-state index contributed by atoms with van der Waals surface area (Å²) < 4.78 is 0. The van der Waals surface area contributed by atoms with Crippen molar-refractivity contribution in [2.75, 3.05) is 17.2 Å². The highest BCUT2D eigenvalue weighted by atomic mass is 15.2. The maximum absolute atomic E-state index is 9.18. The predicted molar refractivity (Wildman–Crippen MR) is 158 cm³/mol. The third-order valence-electron chi connectivity index (χ3n) is 8.19. The summed E-state index contributed by atoms with van der Waals surface area (Å²) in [6, 6.07) is 17.0. The average Bonchev–Trinajstić information content (AvgIpc) is 2.95. The summed E-state index contributed by atoms with van der Waals surface area (Å²) in [5.74, 6) is 2.60. The molecule has 7 nitrogen and oxygen atoms in total. The van der Waals surface area contributed by atoms with Gasteiger partial charge in [-0.1, -0.05) is 44.2 Å². The molecule has 2 heterocycles. The molecular weight excluding hydrogens is 482 g/mol. The number of hydrogen-bond acceptors (Lipinski definition) is 7. The van der Waals surface area contributed by atoms with Crippen LogP contribution in [0.25, 0.3) is 5.70 Å². The number of aromatic nitrogens is 3. The molecule has 2 aromatic heterocycles. The lowest BCUT2D eigenvalue weighted by Gasteiger charge is -2.37. The van der Waals surface area contributed by atoms with Gasteiger partial charge in [-0.3, -0.25) is 0 Å². The number of hydrogen-bond donors (Lipinski definition) is 3. The Hall–Kier alpha value is -4.18. The Balaban J connectivity index is 1.35. The van der Waals surface area contributed by atoms with E-state index in [1.165, 1.54) is 24.8 Å². The lowest BCUT2D eigenvalue weighted by Crippen LogP contribution is -2.31. The molecule has 7 heteroatoms. The van der Waals surface area contributed by atoms with Gasteiger partial charge in [0.05, 0.1) is 11.6 Å². The van der Waals surface area contributed by atoms with E-state index in [-0.39, 0.29) is 11.3 Å². The first kappa shape index (κ1) is 26.4. The summed E-state index contributed by atoms with van der Waals surface area (Å²) >= 11 is 0. The second-order valence-corrected chi connectivity index (χ2v) is 11.0. The normalized spacial score (nSPS) is 19.7. The lowest BCUT2D eigenvalue weighted by molar-refractivity contribution is 0.265. The SMILES string of the molecule is C=CCNC(=C)c1cnc(Nc2ccc(C3CCC(C#N)CC3)cc2)nc1Nc1cccc(C2(C)CCC2)n1. The third kappa shape index (κ3) is 6.12. The number of pyridine rings is 1. The van der Waals surface area contributed by atoms with Crippen molar-refractivity contribution < 1.29 is 0 Å². The van der Waals surface area contributed by atoms with Gasteiger partial charge in [0.25, 0.3) is 0 Å². The average molecular weight is 520 g/mol. The number of nitriles is 1. The number of benzene rings is 1. The van der Waals surface area contributed by atoms with Gasteiger partial charge in [-0.25, -0.2) is 9.97 Å². The number of anilines is 4. The van der Waals surface area contributed by atoms with E-state index in [1.807, 2.05) is 12.1 Å². The Bertz CT molecular complexity index is 1360. The molecule has 2 saturated carbocycles. The van der Waals surface area contributed by atoms with Crippen molar-refractivity contribution in [2.24, 2.45) is 5.92 Å². The lowest BCUT2D eigenvalue weighted by atomic mass is 9.68. The fourth-order valence-corrected chi connectivity index (χ4v) is 5.50. The van der Waals surface area contributed by atoms with Crippen LogP contribution in [0.2, 0.25) is 0 Å². The Kier molecular flexibility index (Phi) is 7.92. The zero-order chi connectivity index (χ0) is 27.2. The largest absolute Gasteiger partial charge is 0.381 e. The molecule has 0 aliphatic heterocycles. The molecular formula is C32H37N7. The molecule has 3 aromatic rings. The fraction of sp³-hybridized carbons (Fsp3) is 0.375. The summed E-state index contributed by atoms with van der Waals surface area (Å²) in [6.45, 7) is 10.8. The highest BCUT2D eigenvalue weighted by Crippen LogP contribution is 2.42. The van der Waals surface area contributed by atoms with Crippen molar-refractivity contribution in [1.82, 2.24) is 20.3 Å². The van der Waals surface area contributed by atoms with Crippen molar-refractivity contribution in [1.29, 1.82) is 5.26 Å². The highest BCUT2D eigenvalue weighted by molar-refractivity contribution is 5.75. The molecule has 39 heavy (non-hydrogen) atoms. The minimum Gasteiger partial charge on any atom is -0.381 e. The molecule has 0 spiro atoms. The van der Waals surface area contributed by atoms with Gasteiger partial charge < -0.3 is 16.0 Å². The molecule has 0 unspecified atom stereocenters. The monoisotopic (exact) mass is 519 g/mol. The fourth-order valence-electron chi connectivity index (χ4n) is 5.50. The van der Waals surface area contributed by atoms with Crippen molar-refractivity contribution in [3.05, 3.63) is 84.7 Å². The van der Waals surface area contributed by atoms with E-state index in [9.17, 15) is 5.26 Å². The van der Waals surface area contributed by atoms with Gasteiger partial charge in [0.1, 0.15) is 11.6 Å². The van der Waals surface area contributed by atoms with E-state index in [1.54, 1.807) is 12.3 Å². The molecule has 0 radical (unpaired) electrons. The Morgan fingerprint density at radius 3 is 2.51 bits per heavy atom. The van der Waals surface area contributed by atoms with Crippen molar-refractivity contribution in [3.8, 4) is 6.07 Å². The van der Waals surface area contributed by atoms with Crippen LogP contribution in [0.15, 0.2) is 67.9 Å². The third-order valence-corrected chi connectivity index (χ3v) is 8.19. The van der Waals surface area contributed by atoms with E-state index in [2.05, 4.69) is 77.4 Å². The maximum Gasteiger partial charge on any atom is 0.229 e. The summed E-state index contributed by atoms with van der Waals surface area (Å²) in [5, 5.41) is 19.2. The summed E-state index contributed by atoms with van der Waals surface area (Å²) in [4.78, 5) is 14.3. The van der Waals surface area contributed by atoms with E-state index in [0.717, 1.165) is 48.4 Å². The van der Waals surface area contributed by atoms with Gasteiger partial charge in [-0.15, -0.1) is 6.58 Å². The summed E-state index contributed by atoms with van der Waals surface area (Å²) in [5.41, 5.74) is 4.98. The first-order valence-electron chi connectivity index (χ1n) is 13.9. The van der Waals surface area contributed by atoms with E-state index < -0.39 is 0 Å². The van der Waals surface area contributed by atoms with Crippen molar-refractivity contribution >= 4 is 29.0 Å². The molecule has 0 bridgehead atoms. The first-order chi connectivity index (χ1) is 19.0. The maximum atomic E-state index is 9.18. The van der Waals surface area contributed by atoms with E-state index in [0.29, 0.717) is 29.9 Å². The Morgan fingerprint density at radius 1 is 1.08 bits per heavy atom. The van der Waals surface area contributed by atoms with Gasteiger partial charge >= 0.3 is 0 Å². The van der Waals surface area contributed by atoms with Crippen LogP contribution in [0.5, 0.6) is 0 Å². The van der Waals surface area contributed by atoms with Crippen LogP contribution >= 0.6 is 0 Å². The molecule has 0 saturated heterocycles. The smallest absolute Gasteiger partial charge is 0.229 e. The number of nitrogens with zero attached hydrogens (tertiary/aromatic N) is 4. The Morgan fingerprint density at radius 2 is 1.85 bits per heavy atom. The molecule has 2 fully saturated rings. The van der Waals surface area contributed by atoms with Gasteiger partial charge in [0.15, 0.2) is 0 Å². The van der Waals surface area contributed by atoms with Crippen molar-refractivity contribution in [2.45, 2.75) is 63.2 Å². The molecule has 2 aliphatic carbocycles. The van der Waals surface area contributed by atoms with E-state index in [4.69, 9.17) is 9.97 Å². The van der Waals surface area contributed by atoms with Crippen LogP contribution in [0.3, 0.4) is 0 Å². The molecule has 0 amide bonds. The van der Waals surface area contributed by atoms with Crippen LogP contribution in [0, 0.1) is 17.2 Å². The van der Waals surface area contributed by atoms with Crippen LogP contribution in [0.4, 0.5) is 23.3 Å². The van der Waals surface area contributed by atoms with Crippen LogP contribution < -0.4 is 16.0 Å². The molecule has 1 aromatic carbocycles. The van der Waals surface area contributed by atoms with Crippen LogP contribution in [-0.4, -0.2) is 21.5 Å². The molecule has 3 N–H and O–H groups in total. The predicted octanol–water partition coefficient (Wildman–Crippen LogP) is 7.34. The molecule has 200 valence electrons.